The first-order valence-corrected chi connectivity index (χ1v) is 9.42. The largest absolute Gasteiger partial charge is 0.491 e. The third kappa shape index (κ3) is 5.56. The minimum Gasteiger partial charge on any atom is -0.491 e. The lowest BCUT2D eigenvalue weighted by Gasteiger charge is -2.10. The third-order valence-corrected chi connectivity index (χ3v) is 4.75. The Bertz CT molecular complexity index is 578. The molecule has 0 spiro atoms. The molecule has 0 aliphatic rings. The molecule has 0 aliphatic heterocycles. The summed E-state index contributed by atoms with van der Waals surface area (Å²) in [6, 6.07) is 6.09. The van der Waals surface area contributed by atoms with Crippen LogP contribution in [0.3, 0.4) is 0 Å². The SMILES string of the molecule is Cc1cc(CCCCCOc2c(Br)cc(I)cc2Br)on1. The predicted molar refractivity (Wildman–Crippen MR) is 98.8 cm³/mol. The summed E-state index contributed by atoms with van der Waals surface area (Å²) in [5, 5.41) is 3.89. The summed E-state index contributed by atoms with van der Waals surface area (Å²) in [6.07, 6.45) is 4.17. The third-order valence-electron chi connectivity index (χ3n) is 2.95. The van der Waals surface area contributed by atoms with E-state index in [0.29, 0.717) is 6.61 Å². The van der Waals surface area contributed by atoms with Crippen molar-refractivity contribution in [1.29, 1.82) is 0 Å². The van der Waals surface area contributed by atoms with Gasteiger partial charge in [0.05, 0.1) is 21.2 Å². The normalized spacial score (nSPS) is 10.9. The highest BCUT2D eigenvalue weighted by molar-refractivity contribution is 14.1. The Labute approximate surface area is 155 Å². The van der Waals surface area contributed by atoms with Crippen LogP contribution < -0.4 is 4.74 Å². The van der Waals surface area contributed by atoms with Gasteiger partial charge in [-0.2, -0.15) is 0 Å². The maximum Gasteiger partial charge on any atom is 0.147 e. The Balaban J connectivity index is 1.68. The standard InChI is InChI=1S/C15H16Br2INO2/c1-10-7-12(21-19-10)5-3-2-4-6-20-15-13(16)8-11(18)9-14(15)17/h7-9H,2-6H2,1H3. The van der Waals surface area contributed by atoms with Gasteiger partial charge >= 0.3 is 0 Å². The van der Waals surface area contributed by atoms with E-state index in [1.807, 2.05) is 25.1 Å². The fourth-order valence-corrected chi connectivity index (χ4v) is 4.85. The highest BCUT2D eigenvalue weighted by atomic mass is 127. The van der Waals surface area contributed by atoms with Crippen LogP contribution in [0.15, 0.2) is 31.7 Å². The fourth-order valence-electron chi connectivity index (χ4n) is 1.95. The summed E-state index contributed by atoms with van der Waals surface area (Å²) >= 11 is 9.35. The van der Waals surface area contributed by atoms with Crippen LogP contribution in [0.1, 0.15) is 30.7 Å². The molecule has 1 aromatic carbocycles. The minimum absolute atomic E-state index is 0.716. The van der Waals surface area contributed by atoms with Crippen LogP contribution in [-0.2, 0) is 6.42 Å². The maximum atomic E-state index is 5.85. The van der Waals surface area contributed by atoms with E-state index in [4.69, 9.17) is 9.26 Å². The quantitative estimate of drug-likeness (QED) is 0.331. The molecule has 21 heavy (non-hydrogen) atoms. The average Bonchev–Trinajstić information content (AvgIpc) is 2.81. The number of hydrogen-bond acceptors (Lipinski definition) is 3. The number of ether oxygens (including phenoxy) is 1. The molecule has 0 saturated heterocycles. The van der Waals surface area contributed by atoms with Gasteiger partial charge in [0.2, 0.25) is 0 Å². The number of aryl methyl sites for hydroxylation is 2. The van der Waals surface area contributed by atoms with Gasteiger partial charge in [-0.3, -0.25) is 0 Å². The molecule has 1 aromatic heterocycles. The molecule has 0 aliphatic carbocycles. The number of unbranched alkanes of at least 4 members (excludes halogenated alkanes) is 2. The van der Waals surface area contributed by atoms with Gasteiger partial charge in [0.1, 0.15) is 11.5 Å². The molecule has 114 valence electrons. The fraction of sp³-hybridized carbons (Fsp3) is 0.400. The van der Waals surface area contributed by atoms with Gasteiger partial charge in [0.25, 0.3) is 0 Å². The van der Waals surface area contributed by atoms with Crippen molar-refractivity contribution >= 4 is 54.5 Å². The first-order valence-electron chi connectivity index (χ1n) is 6.76. The monoisotopic (exact) mass is 527 g/mol. The van der Waals surface area contributed by atoms with E-state index in [-0.39, 0.29) is 0 Å². The molecule has 0 amide bonds. The van der Waals surface area contributed by atoms with E-state index in [0.717, 1.165) is 51.8 Å². The molecule has 0 N–H and O–H groups in total. The Morgan fingerprint density at radius 1 is 1.14 bits per heavy atom. The highest BCUT2D eigenvalue weighted by Crippen LogP contribution is 2.35. The van der Waals surface area contributed by atoms with Crippen LogP contribution in [0, 0.1) is 10.5 Å². The topological polar surface area (TPSA) is 35.3 Å². The van der Waals surface area contributed by atoms with Crippen LogP contribution >= 0.6 is 54.5 Å². The van der Waals surface area contributed by atoms with Crippen LogP contribution in [0.5, 0.6) is 5.75 Å². The van der Waals surface area contributed by atoms with Gasteiger partial charge in [0, 0.05) is 16.1 Å². The maximum absolute atomic E-state index is 5.85. The first-order chi connectivity index (χ1) is 10.1. The number of rotatable bonds is 7. The number of hydrogen-bond donors (Lipinski definition) is 0. The summed E-state index contributed by atoms with van der Waals surface area (Å²) in [6.45, 7) is 2.66. The van der Waals surface area contributed by atoms with Crippen LogP contribution in [0.2, 0.25) is 0 Å². The van der Waals surface area contributed by atoms with Crippen LogP contribution in [-0.4, -0.2) is 11.8 Å². The predicted octanol–water partition coefficient (Wildman–Crippen LogP) is 5.90. The van der Waals surface area contributed by atoms with Gasteiger partial charge in [-0.25, -0.2) is 0 Å². The van der Waals surface area contributed by atoms with Crippen molar-refractivity contribution < 1.29 is 9.26 Å². The highest BCUT2D eigenvalue weighted by Gasteiger charge is 2.08. The zero-order valence-corrected chi connectivity index (χ0v) is 17.0. The van der Waals surface area contributed by atoms with Gasteiger partial charge in [-0.05, 0) is 92.8 Å². The molecule has 3 nitrogen and oxygen atoms in total. The summed E-state index contributed by atoms with van der Waals surface area (Å²) in [5.74, 6) is 1.85. The van der Waals surface area contributed by atoms with Crippen LogP contribution in [0.25, 0.3) is 0 Å². The lowest BCUT2D eigenvalue weighted by atomic mass is 10.1. The molecular weight excluding hydrogens is 513 g/mol. The molecule has 0 bridgehead atoms. The molecule has 0 fully saturated rings. The summed E-state index contributed by atoms with van der Waals surface area (Å²) in [7, 11) is 0. The molecule has 0 saturated carbocycles. The zero-order chi connectivity index (χ0) is 15.2. The minimum atomic E-state index is 0.716. The van der Waals surface area contributed by atoms with Crippen molar-refractivity contribution in [2.45, 2.75) is 32.6 Å². The number of aromatic nitrogens is 1. The molecule has 1 heterocycles. The van der Waals surface area contributed by atoms with E-state index < -0.39 is 0 Å². The molecule has 2 aromatic rings. The van der Waals surface area contributed by atoms with Crippen molar-refractivity contribution in [3.05, 3.63) is 42.2 Å². The first kappa shape index (κ1) is 17.3. The van der Waals surface area contributed by atoms with Crippen LogP contribution in [0.4, 0.5) is 0 Å². The van der Waals surface area contributed by atoms with Crippen molar-refractivity contribution in [3.8, 4) is 5.75 Å². The Hall–Kier alpha value is -0.0800. The van der Waals surface area contributed by atoms with E-state index >= 15 is 0 Å². The van der Waals surface area contributed by atoms with Gasteiger partial charge in [0.15, 0.2) is 0 Å². The Morgan fingerprint density at radius 3 is 2.48 bits per heavy atom. The molecule has 2 rings (SSSR count). The van der Waals surface area contributed by atoms with Gasteiger partial charge in [-0.1, -0.05) is 5.16 Å². The van der Waals surface area contributed by atoms with E-state index in [1.165, 1.54) is 3.57 Å². The van der Waals surface area contributed by atoms with E-state index in [9.17, 15) is 0 Å². The van der Waals surface area contributed by atoms with E-state index in [1.54, 1.807) is 0 Å². The second-order valence-corrected chi connectivity index (χ2v) is 7.75. The van der Waals surface area contributed by atoms with E-state index in [2.05, 4.69) is 59.6 Å². The number of halogens is 3. The lowest BCUT2D eigenvalue weighted by molar-refractivity contribution is 0.300. The Kier molecular flexibility index (Phi) is 7.01. The van der Waals surface area contributed by atoms with Gasteiger partial charge < -0.3 is 9.26 Å². The second-order valence-electron chi connectivity index (χ2n) is 4.79. The smallest absolute Gasteiger partial charge is 0.147 e. The second kappa shape index (κ2) is 8.53. The van der Waals surface area contributed by atoms with Crippen molar-refractivity contribution in [3.63, 3.8) is 0 Å². The zero-order valence-electron chi connectivity index (χ0n) is 11.7. The molecule has 6 heteroatoms. The lowest BCUT2D eigenvalue weighted by Crippen LogP contribution is -1.99. The molecule has 0 atom stereocenters. The summed E-state index contributed by atoms with van der Waals surface area (Å²) in [5.41, 5.74) is 0.946. The van der Waals surface area contributed by atoms with Crippen molar-refractivity contribution in [1.82, 2.24) is 5.16 Å². The van der Waals surface area contributed by atoms with Gasteiger partial charge in [-0.15, -0.1) is 0 Å². The number of benzene rings is 1. The van der Waals surface area contributed by atoms with Crippen molar-refractivity contribution in [2.75, 3.05) is 6.61 Å². The molecule has 0 unspecified atom stereocenters. The molecular formula is C15H16Br2INO2. The summed E-state index contributed by atoms with van der Waals surface area (Å²) < 4.78 is 14.2. The molecule has 0 radical (unpaired) electrons. The van der Waals surface area contributed by atoms with Crippen molar-refractivity contribution in [2.24, 2.45) is 0 Å². The Morgan fingerprint density at radius 2 is 1.86 bits per heavy atom. The average molecular weight is 529 g/mol. The number of nitrogens with zero attached hydrogens (tertiary/aromatic N) is 1. The summed E-state index contributed by atoms with van der Waals surface area (Å²) in [4.78, 5) is 0.